The van der Waals surface area contributed by atoms with E-state index < -0.39 is 0 Å². The second-order valence-corrected chi connectivity index (χ2v) is 5.32. The molecule has 5 nitrogen and oxygen atoms in total. The number of carbonyl (C=O) groups excluding carboxylic acids is 2. The molecule has 0 aliphatic heterocycles. The van der Waals surface area contributed by atoms with E-state index in [4.69, 9.17) is 4.42 Å². The molecular formula is C15H22N2O3. The van der Waals surface area contributed by atoms with Crippen molar-refractivity contribution in [3.8, 4) is 0 Å². The molecule has 0 saturated heterocycles. The first kappa shape index (κ1) is 14.6. The monoisotopic (exact) mass is 278 g/mol. The molecule has 0 unspecified atom stereocenters. The Morgan fingerprint density at radius 2 is 2.15 bits per heavy atom. The van der Waals surface area contributed by atoms with Gasteiger partial charge in [-0.05, 0) is 24.8 Å². The van der Waals surface area contributed by atoms with E-state index in [1.807, 2.05) is 0 Å². The zero-order valence-corrected chi connectivity index (χ0v) is 11.9. The number of amides is 2. The SMILES string of the molecule is CC[C@@H]1CCCC[C@H]1NC(=O)CNC(=O)c1ccoc1. The second kappa shape index (κ2) is 7.12. The first-order valence-electron chi connectivity index (χ1n) is 7.30. The Morgan fingerprint density at radius 1 is 1.35 bits per heavy atom. The summed E-state index contributed by atoms with van der Waals surface area (Å²) >= 11 is 0. The van der Waals surface area contributed by atoms with E-state index in [2.05, 4.69) is 17.6 Å². The van der Waals surface area contributed by atoms with E-state index in [1.54, 1.807) is 6.07 Å². The quantitative estimate of drug-likeness (QED) is 0.866. The molecule has 2 amide bonds. The van der Waals surface area contributed by atoms with E-state index in [0.717, 1.165) is 12.8 Å². The molecule has 0 aromatic carbocycles. The van der Waals surface area contributed by atoms with Crippen molar-refractivity contribution >= 4 is 11.8 Å². The lowest BCUT2D eigenvalue weighted by Gasteiger charge is -2.31. The van der Waals surface area contributed by atoms with Gasteiger partial charge in [0.1, 0.15) is 6.26 Å². The third kappa shape index (κ3) is 3.85. The van der Waals surface area contributed by atoms with Crippen LogP contribution in [0.2, 0.25) is 0 Å². The van der Waals surface area contributed by atoms with Crippen LogP contribution in [0.5, 0.6) is 0 Å². The van der Waals surface area contributed by atoms with Gasteiger partial charge in [0.25, 0.3) is 5.91 Å². The molecule has 1 saturated carbocycles. The summed E-state index contributed by atoms with van der Waals surface area (Å²) in [4.78, 5) is 23.6. The molecule has 2 rings (SSSR count). The maximum Gasteiger partial charge on any atom is 0.254 e. The normalized spacial score (nSPS) is 22.2. The van der Waals surface area contributed by atoms with Gasteiger partial charge in [0, 0.05) is 6.04 Å². The highest BCUT2D eigenvalue weighted by Gasteiger charge is 2.24. The van der Waals surface area contributed by atoms with Gasteiger partial charge < -0.3 is 15.1 Å². The minimum atomic E-state index is -0.287. The largest absolute Gasteiger partial charge is 0.472 e. The Morgan fingerprint density at radius 3 is 2.85 bits per heavy atom. The minimum Gasteiger partial charge on any atom is -0.472 e. The van der Waals surface area contributed by atoms with Crippen molar-refractivity contribution in [1.29, 1.82) is 0 Å². The number of hydrogen-bond acceptors (Lipinski definition) is 3. The molecule has 110 valence electrons. The van der Waals surface area contributed by atoms with Crippen molar-refractivity contribution in [3.05, 3.63) is 24.2 Å². The summed E-state index contributed by atoms with van der Waals surface area (Å²) in [5.41, 5.74) is 0.432. The molecule has 5 heteroatoms. The lowest BCUT2D eigenvalue weighted by atomic mass is 9.83. The molecule has 0 bridgehead atoms. The Labute approximate surface area is 119 Å². The van der Waals surface area contributed by atoms with Gasteiger partial charge in [-0.25, -0.2) is 0 Å². The van der Waals surface area contributed by atoms with Crippen LogP contribution in [0.15, 0.2) is 23.0 Å². The van der Waals surface area contributed by atoms with Crippen LogP contribution in [0.1, 0.15) is 49.4 Å². The molecule has 1 aromatic rings. The average molecular weight is 278 g/mol. The molecule has 20 heavy (non-hydrogen) atoms. The highest BCUT2D eigenvalue weighted by molar-refractivity contribution is 5.96. The van der Waals surface area contributed by atoms with E-state index in [-0.39, 0.29) is 24.4 Å². The molecule has 2 atom stereocenters. The fourth-order valence-corrected chi connectivity index (χ4v) is 2.80. The molecular weight excluding hydrogens is 256 g/mol. The molecule has 1 aliphatic rings. The average Bonchev–Trinajstić information content (AvgIpc) is 2.99. The van der Waals surface area contributed by atoms with Crippen LogP contribution in [0.4, 0.5) is 0 Å². The van der Waals surface area contributed by atoms with Gasteiger partial charge >= 0.3 is 0 Å². The summed E-state index contributed by atoms with van der Waals surface area (Å²) in [7, 11) is 0. The first-order valence-corrected chi connectivity index (χ1v) is 7.30. The zero-order chi connectivity index (χ0) is 14.4. The van der Waals surface area contributed by atoms with E-state index in [0.29, 0.717) is 11.5 Å². The summed E-state index contributed by atoms with van der Waals surface area (Å²) < 4.78 is 4.83. The Balaban J connectivity index is 1.76. The predicted octanol–water partition coefficient (Wildman–Crippen LogP) is 2.09. The highest BCUT2D eigenvalue weighted by Crippen LogP contribution is 2.26. The fourth-order valence-electron chi connectivity index (χ4n) is 2.80. The topological polar surface area (TPSA) is 71.3 Å². The van der Waals surface area contributed by atoms with E-state index in [9.17, 15) is 9.59 Å². The third-order valence-corrected chi connectivity index (χ3v) is 3.97. The molecule has 0 spiro atoms. The lowest BCUT2D eigenvalue weighted by molar-refractivity contribution is -0.121. The van der Waals surface area contributed by atoms with Crippen molar-refractivity contribution < 1.29 is 14.0 Å². The Bertz CT molecular complexity index is 442. The molecule has 2 N–H and O–H groups in total. The van der Waals surface area contributed by atoms with E-state index >= 15 is 0 Å². The number of hydrogen-bond donors (Lipinski definition) is 2. The standard InChI is InChI=1S/C15H22N2O3/c1-2-11-5-3-4-6-13(11)17-14(18)9-16-15(19)12-7-8-20-10-12/h7-8,10-11,13H,2-6,9H2,1H3,(H,16,19)(H,17,18)/t11-,13-/m1/s1. The van der Waals surface area contributed by atoms with Crippen molar-refractivity contribution in [2.45, 2.75) is 45.1 Å². The van der Waals surface area contributed by atoms with Crippen molar-refractivity contribution in [2.24, 2.45) is 5.92 Å². The molecule has 1 fully saturated rings. The highest BCUT2D eigenvalue weighted by atomic mass is 16.3. The Kier molecular flexibility index (Phi) is 5.21. The van der Waals surface area contributed by atoms with Crippen LogP contribution in [0, 0.1) is 5.92 Å². The number of carbonyl (C=O) groups is 2. The number of nitrogens with one attached hydrogen (secondary N) is 2. The van der Waals surface area contributed by atoms with Crippen LogP contribution in [0.25, 0.3) is 0 Å². The van der Waals surface area contributed by atoms with Crippen molar-refractivity contribution in [2.75, 3.05) is 6.54 Å². The third-order valence-electron chi connectivity index (χ3n) is 3.97. The van der Waals surface area contributed by atoms with Crippen LogP contribution < -0.4 is 10.6 Å². The van der Waals surface area contributed by atoms with E-state index in [1.165, 1.54) is 31.8 Å². The van der Waals surface area contributed by atoms with Gasteiger partial charge in [0.05, 0.1) is 18.4 Å². The second-order valence-electron chi connectivity index (χ2n) is 5.32. The molecule has 1 aromatic heterocycles. The lowest BCUT2D eigenvalue weighted by Crippen LogP contribution is -2.46. The van der Waals surface area contributed by atoms with Gasteiger partial charge in [-0.1, -0.05) is 26.2 Å². The van der Waals surface area contributed by atoms with Gasteiger partial charge in [-0.3, -0.25) is 9.59 Å². The summed E-state index contributed by atoms with van der Waals surface area (Å²) in [5, 5.41) is 5.64. The minimum absolute atomic E-state index is 0.0109. The summed E-state index contributed by atoms with van der Waals surface area (Å²) in [6.45, 7) is 2.17. The van der Waals surface area contributed by atoms with Crippen LogP contribution in [0.3, 0.4) is 0 Å². The fraction of sp³-hybridized carbons (Fsp3) is 0.600. The molecule has 0 radical (unpaired) electrons. The van der Waals surface area contributed by atoms with Crippen LogP contribution in [-0.4, -0.2) is 24.4 Å². The van der Waals surface area contributed by atoms with Gasteiger partial charge in [-0.2, -0.15) is 0 Å². The van der Waals surface area contributed by atoms with Crippen LogP contribution >= 0.6 is 0 Å². The molecule has 1 heterocycles. The Hall–Kier alpha value is -1.78. The van der Waals surface area contributed by atoms with Crippen LogP contribution in [-0.2, 0) is 4.79 Å². The number of furan rings is 1. The summed E-state index contributed by atoms with van der Waals surface area (Å²) in [6.07, 6.45) is 8.53. The van der Waals surface area contributed by atoms with Gasteiger partial charge in [0.15, 0.2) is 0 Å². The van der Waals surface area contributed by atoms with Crippen molar-refractivity contribution in [3.63, 3.8) is 0 Å². The van der Waals surface area contributed by atoms with Gasteiger partial charge in [0.2, 0.25) is 5.91 Å². The molecule has 1 aliphatic carbocycles. The maximum atomic E-state index is 11.9. The van der Waals surface area contributed by atoms with Gasteiger partial charge in [-0.15, -0.1) is 0 Å². The summed E-state index contributed by atoms with van der Waals surface area (Å²) in [5.74, 6) is 0.161. The zero-order valence-electron chi connectivity index (χ0n) is 11.9. The maximum absolute atomic E-state index is 11.9. The first-order chi connectivity index (χ1) is 9.70. The predicted molar refractivity (Wildman–Crippen MR) is 75.2 cm³/mol. The van der Waals surface area contributed by atoms with Crippen molar-refractivity contribution in [1.82, 2.24) is 10.6 Å². The summed E-state index contributed by atoms with van der Waals surface area (Å²) in [6, 6.07) is 1.83. The number of rotatable bonds is 5. The smallest absolute Gasteiger partial charge is 0.254 e.